The van der Waals surface area contributed by atoms with Crippen molar-refractivity contribution in [1.82, 2.24) is 0 Å². The molecule has 0 saturated carbocycles. The molecule has 2 rings (SSSR count). The van der Waals surface area contributed by atoms with Gasteiger partial charge in [0.1, 0.15) is 10.6 Å². The molecule has 0 aliphatic rings. The first-order chi connectivity index (χ1) is 11.5. The molecule has 0 fully saturated rings. The second-order valence-electron chi connectivity index (χ2n) is 5.97. The maximum Gasteiger partial charge on any atom is 0.265 e. The Labute approximate surface area is 148 Å². The van der Waals surface area contributed by atoms with Crippen LogP contribution in [0.3, 0.4) is 0 Å². The Kier molecular flexibility index (Phi) is 5.43. The molecule has 0 unspecified atom stereocenters. The highest BCUT2D eigenvalue weighted by molar-refractivity contribution is 7.93. The Balaban J connectivity index is 2.44. The van der Waals surface area contributed by atoms with Gasteiger partial charge in [0.15, 0.2) is 9.84 Å². The van der Waals surface area contributed by atoms with Crippen LogP contribution in [0.4, 0.5) is 5.69 Å². The van der Waals surface area contributed by atoms with Crippen LogP contribution in [0, 0.1) is 0 Å². The van der Waals surface area contributed by atoms with Gasteiger partial charge in [0.25, 0.3) is 10.0 Å². The molecule has 2 aromatic rings. The summed E-state index contributed by atoms with van der Waals surface area (Å²) in [5.41, 5.74) is 1.47. The summed E-state index contributed by atoms with van der Waals surface area (Å²) in [6.45, 7) is 4.08. The smallest absolute Gasteiger partial charge is 0.265 e. The van der Waals surface area contributed by atoms with Crippen molar-refractivity contribution in [3.05, 3.63) is 48.0 Å². The molecular weight excluding hydrogens is 362 g/mol. The Morgan fingerprint density at radius 3 is 2.04 bits per heavy atom. The minimum Gasteiger partial charge on any atom is -0.495 e. The first kappa shape index (κ1) is 19.3. The van der Waals surface area contributed by atoms with E-state index in [0.717, 1.165) is 17.9 Å². The van der Waals surface area contributed by atoms with Crippen molar-refractivity contribution >= 4 is 25.5 Å². The number of hydrogen-bond donors (Lipinski definition) is 1. The Hall–Kier alpha value is -2.06. The van der Waals surface area contributed by atoms with Gasteiger partial charge in [0.05, 0.1) is 12.0 Å². The van der Waals surface area contributed by atoms with Gasteiger partial charge in [0, 0.05) is 11.9 Å². The number of nitrogens with one attached hydrogen (secondary N) is 1. The molecule has 0 radical (unpaired) electrons. The van der Waals surface area contributed by atoms with Crippen LogP contribution in [-0.2, 0) is 19.9 Å². The summed E-state index contributed by atoms with van der Waals surface area (Å²) < 4.78 is 56.3. The molecule has 136 valence electrons. The van der Waals surface area contributed by atoms with Crippen LogP contribution in [0.2, 0.25) is 0 Å². The first-order valence-corrected chi connectivity index (χ1v) is 10.9. The highest BCUT2D eigenvalue weighted by atomic mass is 32.2. The molecule has 8 heteroatoms. The lowest BCUT2D eigenvalue weighted by Crippen LogP contribution is -2.15. The number of sulfonamides is 1. The summed E-state index contributed by atoms with van der Waals surface area (Å²) in [4.78, 5) is -0.324. The lowest BCUT2D eigenvalue weighted by atomic mass is 10.0. The molecule has 1 N–H and O–H groups in total. The summed E-state index contributed by atoms with van der Waals surface area (Å²) in [5.74, 6) is 0.399. The monoisotopic (exact) mass is 383 g/mol. The van der Waals surface area contributed by atoms with Crippen LogP contribution >= 0.6 is 0 Å². The molecule has 0 spiro atoms. The quantitative estimate of drug-likeness (QED) is 0.828. The summed E-state index contributed by atoms with van der Waals surface area (Å²) in [6.07, 6.45) is 1.02. The highest BCUT2D eigenvalue weighted by Gasteiger charge is 2.22. The summed E-state index contributed by atoms with van der Waals surface area (Å²) in [6, 6.07) is 10.7. The van der Waals surface area contributed by atoms with E-state index in [2.05, 4.69) is 4.72 Å². The predicted molar refractivity (Wildman–Crippen MR) is 97.4 cm³/mol. The maximum atomic E-state index is 12.7. The molecule has 0 aliphatic heterocycles. The van der Waals surface area contributed by atoms with Crippen molar-refractivity contribution < 1.29 is 21.6 Å². The topological polar surface area (TPSA) is 89.5 Å². The van der Waals surface area contributed by atoms with Gasteiger partial charge in [-0.05, 0) is 41.8 Å². The predicted octanol–water partition coefficient (Wildman–Crippen LogP) is 3.02. The maximum absolute atomic E-state index is 12.7. The molecule has 0 aliphatic carbocycles. The number of sulfone groups is 1. The van der Waals surface area contributed by atoms with Crippen molar-refractivity contribution in [2.24, 2.45) is 0 Å². The number of methoxy groups -OCH3 is 1. The molecule has 0 saturated heterocycles. The molecule has 0 aromatic heterocycles. The first-order valence-electron chi connectivity index (χ1n) is 7.55. The number of rotatable bonds is 6. The van der Waals surface area contributed by atoms with Crippen LogP contribution in [0.1, 0.15) is 25.3 Å². The number of ether oxygens (including phenoxy) is 1. The van der Waals surface area contributed by atoms with Crippen molar-refractivity contribution in [2.45, 2.75) is 29.6 Å². The molecule has 0 bridgehead atoms. The third-order valence-electron chi connectivity index (χ3n) is 3.68. The number of hydrogen-bond acceptors (Lipinski definition) is 5. The second kappa shape index (κ2) is 7.05. The van der Waals surface area contributed by atoms with E-state index in [1.165, 1.54) is 19.2 Å². The van der Waals surface area contributed by atoms with Gasteiger partial charge in [-0.1, -0.05) is 26.0 Å². The van der Waals surface area contributed by atoms with E-state index in [9.17, 15) is 16.8 Å². The molecule has 0 heterocycles. The number of anilines is 1. The van der Waals surface area contributed by atoms with Crippen LogP contribution in [-0.4, -0.2) is 30.2 Å². The van der Waals surface area contributed by atoms with E-state index in [4.69, 9.17) is 4.74 Å². The lowest BCUT2D eigenvalue weighted by Gasteiger charge is -2.13. The zero-order chi connectivity index (χ0) is 18.8. The summed E-state index contributed by atoms with van der Waals surface area (Å²) in [7, 11) is -6.23. The van der Waals surface area contributed by atoms with Crippen LogP contribution in [0.5, 0.6) is 5.75 Å². The average molecular weight is 383 g/mol. The van der Waals surface area contributed by atoms with E-state index in [-0.39, 0.29) is 15.5 Å². The van der Waals surface area contributed by atoms with Gasteiger partial charge in [-0.3, -0.25) is 4.72 Å². The third-order valence-corrected chi connectivity index (χ3v) is 6.20. The van der Waals surface area contributed by atoms with Crippen molar-refractivity contribution in [3.8, 4) is 5.75 Å². The molecular formula is C17H21NO5S2. The largest absolute Gasteiger partial charge is 0.495 e. The van der Waals surface area contributed by atoms with Gasteiger partial charge >= 0.3 is 0 Å². The Morgan fingerprint density at radius 2 is 1.56 bits per heavy atom. The van der Waals surface area contributed by atoms with Gasteiger partial charge in [-0.25, -0.2) is 16.8 Å². The van der Waals surface area contributed by atoms with E-state index < -0.39 is 19.9 Å². The Morgan fingerprint density at radius 1 is 0.960 bits per heavy atom. The molecule has 0 atom stereocenters. The molecule has 6 nitrogen and oxygen atoms in total. The van der Waals surface area contributed by atoms with E-state index in [0.29, 0.717) is 11.6 Å². The molecule has 25 heavy (non-hydrogen) atoms. The third kappa shape index (κ3) is 4.52. The van der Waals surface area contributed by atoms with E-state index in [1.54, 1.807) is 12.1 Å². The standard InChI is InChI=1S/C17H21NO5S2/c1-12(2)13-5-7-14(8-6-13)18-25(21,22)17-11-15(24(4,19)20)9-10-16(17)23-3/h5-12,18H,1-4H3. The molecule has 0 amide bonds. The fourth-order valence-electron chi connectivity index (χ4n) is 2.24. The average Bonchev–Trinajstić information content (AvgIpc) is 2.53. The minimum absolute atomic E-state index is 0.0682. The van der Waals surface area contributed by atoms with Crippen molar-refractivity contribution in [3.63, 3.8) is 0 Å². The fourth-order valence-corrected chi connectivity index (χ4v) is 4.22. The van der Waals surface area contributed by atoms with Crippen LogP contribution in [0.15, 0.2) is 52.3 Å². The minimum atomic E-state index is -4.01. The number of benzene rings is 2. The SMILES string of the molecule is COc1ccc(S(C)(=O)=O)cc1S(=O)(=O)Nc1ccc(C(C)C)cc1. The second-order valence-corrected chi connectivity index (χ2v) is 9.63. The van der Waals surface area contributed by atoms with Gasteiger partial charge in [0.2, 0.25) is 0 Å². The highest BCUT2D eigenvalue weighted by Crippen LogP contribution is 2.29. The van der Waals surface area contributed by atoms with E-state index in [1.807, 2.05) is 26.0 Å². The van der Waals surface area contributed by atoms with Crippen molar-refractivity contribution in [1.29, 1.82) is 0 Å². The van der Waals surface area contributed by atoms with Gasteiger partial charge < -0.3 is 4.74 Å². The normalized spacial score (nSPS) is 12.2. The zero-order valence-electron chi connectivity index (χ0n) is 14.5. The van der Waals surface area contributed by atoms with Gasteiger partial charge in [-0.15, -0.1) is 0 Å². The van der Waals surface area contributed by atoms with Crippen LogP contribution in [0.25, 0.3) is 0 Å². The Bertz CT molecular complexity index is 963. The van der Waals surface area contributed by atoms with E-state index >= 15 is 0 Å². The summed E-state index contributed by atoms with van der Waals surface area (Å²) >= 11 is 0. The fraction of sp³-hybridized carbons (Fsp3) is 0.294. The van der Waals surface area contributed by atoms with Crippen molar-refractivity contribution in [2.75, 3.05) is 18.1 Å². The molecule has 2 aromatic carbocycles. The lowest BCUT2D eigenvalue weighted by molar-refractivity contribution is 0.402. The zero-order valence-corrected chi connectivity index (χ0v) is 16.1. The summed E-state index contributed by atoms with van der Waals surface area (Å²) in [5, 5.41) is 0. The van der Waals surface area contributed by atoms with Crippen LogP contribution < -0.4 is 9.46 Å². The van der Waals surface area contributed by atoms with Gasteiger partial charge in [-0.2, -0.15) is 0 Å².